The molecule has 0 unspecified atom stereocenters. The molecule has 2 aromatic carbocycles. The third kappa shape index (κ3) is 2.52. The Morgan fingerprint density at radius 2 is 1.44 bits per heavy atom. The van der Waals surface area contributed by atoms with Gasteiger partial charge in [0.15, 0.2) is 35.9 Å². The summed E-state index contributed by atoms with van der Waals surface area (Å²) in [5, 5.41) is 0. The van der Waals surface area contributed by atoms with Gasteiger partial charge in [0.25, 0.3) is 0 Å². The van der Waals surface area contributed by atoms with Crippen molar-refractivity contribution in [2.75, 3.05) is 0 Å². The van der Waals surface area contributed by atoms with Gasteiger partial charge in [-0.25, -0.2) is 4.57 Å². The number of carbonyl (C=O) groups excluding carboxylic acids is 2. The van der Waals surface area contributed by atoms with Gasteiger partial charge in [-0.2, -0.15) is 0 Å². The van der Waals surface area contributed by atoms with E-state index >= 15 is 0 Å². The predicted octanol–water partition coefficient (Wildman–Crippen LogP) is 3.60. The van der Waals surface area contributed by atoms with Crippen LogP contribution >= 0.6 is 22.6 Å². The third-order valence-electron chi connectivity index (χ3n) is 4.71. The van der Waals surface area contributed by atoms with Gasteiger partial charge in [-0.3, -0.25) is 9.59 Å². The number of carbonyl (C=O) groups is 2. The Bertz CT molecular complexity index is 947. The van der Waals surface area contributed by atoms with Crippen molar-refractivity contribution in [3.05, 3.63) is 99.4 Å². The summed E-state index contributed by atoms with van der Waals surface area (Å²) in [6.07, 6.45) is 3.78. The van der Waals surface area contributed by atoms with E-state index in [-0.39, 0.29) is 11.6 Å². The molecule has 0 radical (unpaired) electrons. The second-order valence-electron chi connectivity index (χ2n) is 6.17. The van der Waals surface area contributed by atoms with Crippen LogP contribution in [0.1, 0.15) is 26.3 Å². The van der Waals surface area contributed by atoms with Crippen LogP contribution in [0.15, 0.2) is 79.1 Å². The summed E-state index contributed by atoms with van der Waals surface area (Å²) in [5.74, 6) is -0.238. The lowest BCUT2D eigenvalue weighted by atomic mass is 9.75. The monoisotopic (exact) mass is 440 g/mol. The van der Waals surface area contributed by atoms with E-state index in [0.29, 0.717) is 17.7 Å². The number of Topliss-reactive ketones (excluding diaryl/α,β-unsaturated/α-hetero) is 2. The van der Waals surface area contributed by atoms with Crippen LogP contribution in [-0.4, -0.2) is 11.6 Å². The van der Waals surface area contributed by atoms with Gasteiger partial charge in [0, 0.05) is 26.8 Å². The first-order valence-corrected chi connectivity index (χ1v) is 9.09. The Morgan fingerprint density at radius 3 is 2.04 bits per heavy atom. The van der Waals surface area contributed by atoms with E-state index in [9.17, 15) is 9.59 Å². The molecule has 1 aliphatic rings. The standard InChI is InChI=1S/C21H15INO2/c22-16-8-6-7-15(13-16)21(14-23-11-4-1-5-12-23)19(24)17-9-2-3-10-18(17)20(21)25/h1-13H,14H2/q+1. The highest BCUT2D eigenvalue weighted by atomic mass is 127. The first-order valence-electron chi connectivity index (χ1n) is 8.02. The zero-order chi connectivity index (χ0) is 17.4. The van der Waals surface area contributed by atoms with Crippen LogP contribution < -0.4 is 4.57 Å². The summed E-state index contributed by atoms with van der Waals surface area (Å²) in [6, 6.07) is 20.5. The maximum Gasteiger partial charge on any atom is 0.188 e. The highest BCUT2D eigenvalue weighted by Crippen LogP contribution is 2.40. The molecule has 0 amide bonds. The van der Waals surface area contributed by atoms with Crippen LogP contribution in [0.5, 0.6) is 0 Å². The molecule has 0 saturated carbocycles. The molecular formula is C21H15INO2+. The minimum atomic E-state index is -1.21. The van der Waals surface area contributed by atoms with Gasteiger partial charge < -0.3 is 0 Å². The molecule has 0 N–H and O–H groups in total. The Morgan fingerprint density at radius 1 is 0.800 bits per heavy atom. The van der Waals surface area contributed by atoms with E-state index in [1.807, 2.05) is 71.6 Å². The smallest absolute Gasteiger partial charge is 0.188 e. The van der Waals surface area contributed by atoms with E-state index in [1.165, 1.54) is 0 Å². The van der Waals surface area contributed by atoms with Crippen LogP contribution in [-0.2, 0) is 12.0 Å². The molecule has 122 valence electrons. The van der Waals surface area contributed by atoms with Crippen molar-refractivity contribution < 1.29 is 14.2 Å². The topological polar surface area (TPSA) is 38.0 Å². The minimum Gasteiger partial charge on any atom is -0.292 e. The van der Waals surface area contributed by atoms with Crippen molar-refractivity contribution >= 4 is 34.2 Å². The third-order valence-corrected chi connectivity index (χ3v) is 5.38. The van der Waals surface area contributed by atoms with Crippen LogP contribution in [0.2, 0.25) is 0 Å². The molecule has 1 aromatic heterocycles. The predicted molar refractivity (Wildman–Crippen MR) is 103 cm³/mol. The summed E-state index contributed by atoms with van der Waals surface area (Å²) in [4.78, 5) is 26.8. The zero-order valence-corrected chi connectivity index (χ0v) is 15.5. The Kier molecular flexibility index (Phi) is 4.00. The quantitative estimate of drug-likeness (QED) is 0.355. The summed E-state index contributed by atoms with van der Waals surface area (Å²) in [7, 11) is 0. The number of nitrogens with zero attached hydrogens (tertiary/aromatic N) is 1. The number of fused-ring (bicyclic) bond motifs is 1. The number of aromatic nitrogens is 1. The molecule has 0 fully saturated rings. The summed E-state index contributed by atoms with van der Waals surface area (Å²) in [6.45, 7) is 0.292. The van der Waals surface area contributed by atoms with Gasteiger partial charge in [0.05, 0.1) is 0 Å². The van der Waals surface area contributed by atoms with E-state index in [4.69, 9.17) is 0 Å². The fraction of sp³-hybridized carbons (Fsp3) is 0.0952. The van der Waals surface area contributed by atoms with Gasteiger partial charge in [0.2, 0.25) is 0 Å². The van der Waals surface area contributed by atoms with E-state index in [0.717, 1.165) is 9.13 Å². The Balaban J connectivity index is 1.95. The van der Waals surface area contributed by atoms with Crippen molar-refractivity contribution in [3.63, 3.8) is 0 Å². The lowest BCUT2D eigenvalue weighted by Crippen LogP contribution is -2.52. The molecule has 3 aromatic rings. The average Bonchev–Trinajstić information content (AvgIpc) is 2.86. The van der Waals surface area contributed by atoms with Gasteiger partial charge in [-0.1, -0.05) is 42.5 Å². The van der Waals surface area contributed by atoms with Gasteiger partial charge >= 0.3 is 0 Å². The number of hydrogen-bond donors (Lipinski definition) is 0. The van der Waals surface area contributed by atoms with Crippen LogP contribution in [0.25, 0.3) is 0 Å². The van der Waals surface area contributed by atoms with Gasteiger partial charge in [0.1, 0.15) is 0 Å². The maximum absolute atomic E-state index is 13.4. The van der Waals surface area contributed by atoms with Crippen LogP contribution in [0.4, 0.5) is 0 Å². The first kappa shape index (κ1) is 16.1. The molecule has 0 aliphatic heterocycles. The molecule has 3 nitrogen and oxygen atoms in total. The van der Waals surface area contributed by atoms with Crippen LogP contribution in [0, 0.1) is 3.57 Å². The molecule has 0 saturated heterocycles. The highest BCUT2D eigenvalue weighted by molar-refractivity contribution is 14.1. The van der Waals surface area contributed by atoms with Crippen molar-refractivity contribution in [3.8, 4) is 0 Å². The second-order valence-corrected chi connectivity index (χ2v) is 7.41. The van der Waals surface area contributed by atoms with Crippen molar-refractivity contribution in [2.45, 2.75) is 12.0 Å². The van der Waals surface area contributed by atoms with Gasteiger partial charge in [-0.15, -0.1) is 0 Å². The van der Waals surface area contributed by atoms with Crippen molar-refractivity contribution in [1.82, 2.24) is 0 Å². The first-order chi connectivity index (χ1) is 12.1. The lowest BCUT2D eigenvalue weighted by molar-refractivity contribution is -0.700. The largest absolute Gasteiger partial charge is 0.292 e. The Labute approximate surface area is 159 Å². The summed E-state index contributed by atoms with van der Waals surface area (Å²) < 4.78 is 2.91. The van der Waals surface area contributed by atoms with Gasteiger partial charge in [-0.05, 0) is 40.3 Å². The minimum absolute atomic E-state index is 0.119. The zero-order valence-electron chi connectivity index (χ0n) is 13.4. The molecular weight excluding hydrogens is 425 g/mol. The number of pyridine rings is 1. The second kappa shape index (κ2) is 6.19. The summed E-state index contributed by atoms with van der Waals surface area (Å²) in [5.41, 5.74) is 0.574. The normalized spacial score (nSPS) is 15.2. The fourth-order valence-electron chi connectivity index (χ4n) is 3.51. The number of benzene rings is 2. The number of ketones is 2. The van der Waals surface area contributed by atoms with E-state index < -0.39 is 5.41 Å². The van der Waals surface area contributed by atoms with E-state index in [1.54, 1.807) is 12.1 Å². The SMILES string of the molecule is O=C1c2ccccc2C(=O)C1(C[n+]1ccccc1)c1cccc(I)c1. The van der Waals surface area contributed by atoms with Crippen molar-refractivity contribution in [1.29, 1.82) is 0 Å². The molecule has 25 heavy (non-hydrogen) atoms. The molecule has 1 aliphatic carbocycles. The molecule has 0 bridgehead atoms. The number of hydrogen-bond acceptors (Lipinski definition) is 2. The van der Waals surface area contributed by atoms with Crippen molar-refractivity contribution in [2.24, 2.45) is 0 Å². The summed E-state index contributed by atoms with van der Waals surface area (Å²) >= 11 is 2.21. The van der Waals surface area contributed by atoms with E-state index in [2.05, 4.69) is 22.6 Å². The van der Waals surface area contributed by atoms with Crippen LogP contribution in [0.3, 0.4) is 0 Å². The number of halogens is 1. The molecule has 4 rings (SSSR count). The maximum atomic E-state index is 13.4. The molecule has 0 spiro atoms. The fourth-order valence-corrected chi connectivity index (χ4v) is 4.05. The Hall–Kier alpha value is -2.34. The lowest BCUT2D eigenvalue weighted by Gasteiger charge is -2.23. The highest BCUT2D eigenvalue weighted by Gasteiger charge is 2.57. The molecule has 0 atom stereocenters. The average molecular weight is 440 g/mol. The molecule has 4 heteroatoms. The molecule has 1 heterocycles. The number of rotatable bonds is 3.